The first-order valence-electron chi connectivity index (χ1n) is 3.98. The molecule has 1 aromatic heterocycles. The molecule has 0 fully saturated rings. The molecule has 0 aliphatic heterocycles. The first-order chi connectivity index (χ1) is 6.22. The molecule has 1 heterocycles. The Morgan fingerprint density at radius 1 is 1.46 bits per heavy atom. The minimum atomic E-state index is 0.563. The lowest BCUT2D eigenvalue weighted by molar-refractivity contribution is 0.965. The maximum Gasteiger partial charge on any atom is 0.200 e. The van der Waals surface area contributed by atoms with Gasteiger partial charge < -0.3 is 10.3 Å². The lowest BCUT2D eigenvalue weighted by atomic mass is 10.3. The maximum absolute atomic E-state index is 5.69. The quantitative estimate of drug-likeness (QED) is 0.703. The molecule has 68 valence electrons. The number of aryl methyl sites for hydroxylation is 1. The molecular weight excluding hydrogens is 182 g/mol. The van der Waals surface area contributed by atoms with Crippen LogP contribution in [-0.4, -0.2) is 15.8 Å². The van der Waals surface area contributed by atoms with Crippen LogP contribution in [0.25, 0.3) is 11.0 Å². The highest BCUT2D eigenvalue weighted by atomic mass is 32.2. The average molecular weight is 193 g/mol. The predicted octanol–water partition coefficient (Wildman–Crippen LogP) is 1.88. The van der Waals surface area contributed by atoms with Gasteiger partial charge in [-0.3, -0.25) is 0 Å². The fraction of sp³-hybridized carbons (Fsp3) is 0.222. The highest BCUT2D eigenvalue weighted by Crippen LogP contribution is 2.22. The van der Waals surface area contributed by atoms with Gasteiger partial charge in [-0.1, -0.05) is 0 Å². The number of anilines is 1. The van der Waals surface area contributed by atoms with Crippen LogP contribution in [0.1, 0.15) is 0 Å². The van der Waals surface area contributed by atoms with E-state index in [-0.39, 0.29) is 0 Å². The lowest BCUT2D eigenvalue weighted by Gasteiger charge is -1.97. The number of nitrogen functional groups attached to an aromatic ring is 1. The van der Waals surface area contributed by atoms with Crippen molar-refractivity contribution < 1.29 is 0 Å². The van der Waals surface area contributed by atoms with Crippen molar-refractivity contribution in [2.75, 3.05) is 12.0 Å². The fourth-order valence-electron chi connectivity index (χ4n) is 1.33. The average Bonchev–Trinajstić information content (AvgIpc) is 2.42. The predicted molar refractivity (Wildman–Crippen MR) is 56.9 cm³/mol. The topological polar surface area (TPSA) is 43.8 Å². The van der Waals surface area contributed by atoms with Crippen molar-refractivity contribution in [2.45, 2.75) is 4.90 Å². The molecule has 0 bridgehead atoms. The molecule has 0 aliphatic carbocycles. The van der Waals surface area contributed by atoms with E-state index < -0.39 is 0 Å². The summed E-state index contributed by atoms with van der Waals surface area (Å²) in [6.07, 6.45) is 2.05. The van der Waals surface area contributed by atoms with Crippen molar-refractivity contribution in [1.82, 2.24) is 9.55 Å². The molecule has 0 saturated heterocycles. The van der Waals surface area contributed by atoms with Crippen LogP contribution in [-0.2, 0) is 7.05 Å². The summed E-state index contributed by atoms with van der Waals surface area (Å²) in [5.41, 5.74) is 7.73. The zero-order valence-electron chi connectivity index (χ0n) is 7.61. The van der Waals surface area contributed by atoms with Gasteiger partial charge in [0.15, 0.2) is 0 Å². The minimum absolute atomic E-state index is 0.563. The van der Waals surface area contributed by atoms with Crippen LogP contribution in [0.5, 0.6) is 0 Å². The van der Waals surface area contributed by atoms with Crippen molar-refractivity contribution >= 4 is 28.7 Å². The molecule has 0 unspecified atom stereocenters. The second kappa shape index (κ2) is 2.96. The summed E-state index contributed by atoms with van der Waals surface area (Å²) >= 11 is 1.71. The van der Waals surface area contributed by atoms with E-state index in [2.05, 4.69) is 17.1 Å². The molecule has 1 aromatic carbocycles. The fourth-order valence-corrected chi connectivity index (χ4v) is 1.76. The van der Waals surface area contributed by atoms with E-state index >= 15 is 0 Å². The van der Waals surface area contributed by atoms with Gasteiger partial charge in [0, 0.05) is 11.9 Å². The molecule has 2 rings (SSSR count). The summed E-state index contributed by atoms with van der Waals surface area (Å²) in [4.78, 5) is 5.46. The van der Waals surface area contributed by atoms with Crippen LogP contribution in [0, 0.1) is 0 Å². The van der Waals surface area contributed by atoms with Crippen LogP contribution < -0.4 is 5.73 Å². The van der Waals surface area contributed by atoms with Crippen molar-refractivity contribution in [2.24, 2.45) is 7.05 Å². The van der Waals surface area contributed by atoms with E-state index in [0.29, 0.717) is 5.95 Å². The normalized spacial score (nSPS) is 10.9. The summed E-state index contributed by atoms with van der Waals surface area (Å²) in [5.74, 6) is 0.563. The number of fused-ring (bicyclic) bond motifs is 1. The molecule has 0 amide bonds. The van der Waals surface area contributed by atoms with E-state index in [4.69, 9.17) is 5.73 Å². The first-order valence-corrected chi connectivity index (χ1v) is 5.21. The van der Waals surface area contributed by atoms with E-state index in [1.54, 1.807) is 11.8 Å². The van der Waals surface area contributed by atoms with Gasteiger partial charge in [0.1, 0.15) is 0 Å². The van der Waals surface area contributed by atoms with Crippen molar-refractivity contribution in [1.29, 1.82) is 0 Å². The van der Waals surface area contributed by atoms with Crippen LogP contribution in [0.3, 0.4) is 0 Å². The summed E-state index contributed by atoms with van der Waals surface area (Å²) < 4.78 is 1.89. The Morgan fingerprint density at radius 2 is 2.23 bits per heavy atom. The highest BCUT2D eigenvalue weighted by Gasteiger charge is 2.04. The zero-order valence-corrected chi connectivity index (χ0v) is 8.43. The van der Waals surface area contributed by atoms with Crippen molar-refractivity contribution in [3.8, 4) is 0 Å². The molecule has 0 atom stereocenters. The zero-order chi connectivity index (χ0) is 9.42. The molecule has 2 aromatic rings. The third-order valence-electron chi connectivity index (χ3n) is 2.12. The van der Waals surface area contributed by atoms with Crippen molar-refractivity contribution in [3.63, 3.8) is 0 Å². The van der Waals surface area contributed by atoms with Gasteiger partial charge in [-0.2, -0.15) is 0 Å². The number of nitrogens with two attached hydrogens (primary N) is 1. The molecular formula is C9H11N3S. The standard InChI is InChI=1S/C9H11N3S/c1-12-8-4-3-6(13-2)5-7(8)11-9(12)10/h3-5H,1-2H3,(H2,10,11). The van der Waals surface area contributed by atoms with Crippen LogP contribution in [0.2, 0.25) is 0 Å². The summed E-state index contributed by atoms with van der Waals surface area (Å²) in [5, 5.41) is 0. The Hall–Kier alpha value is -1.16. The number of hydrogen-bond donors (Lipinski definition) is 1. The third-order valence-corrected chi connectivity index (χ3v) is 2.85. The molecule has 4 heteroatoms. The summed E-state index contributed by atoms with van der Waals surface area (Å²) in [7, 11) is 1.92. The smallest absolute Gasteiger partial charge is 0.200 e. The van der Waals surface area contributed by atoms with Crippen molar-refractivity contribution in [3.05, 3.63) is 18.2 Å². The Balaban J connectivity index is 2.73. The van der Waals surface area contributed by atoms with E-state index in [9.17, 15) is 0 Å². The van der Waals surface area contributed by atoms with Gasteiger partial charge in [-0.15, -0.1) is 11.8 Å². The molecule has 0 radical (unpaired) electrons. The van der Waals surface area contributed by atoms with E-state index in [1.165, 1.54) is 4.90 Å². The maximum atomic E-state index is 5.69. The van der Waals surface area contributed by atoms with Crippen LogP contribution in [0.15, 0.2) is 23.1 Å². The number of aromatic nitrogens is 2. The van der Waals surface area contributed by atoms with Crippen LogP contribution >= 0.6 is 11.8 Å². The number of hydrogen-bond acceptors (Lipinski definition) is 3. The monoisotopic (exact) mass is 193 g/mol. The molecule has 0 saturated carbocycles. The minimum Gasteiger partial charge on any atom is -0.369 e. The van der Waals surface area contributed by atoms with Gasteiger partial charge in [-0.05, 0) is 24.5 Å². The number of benzene rings is 1. The molecule has 2 N–H and O–H groups in total. The second-order valence-corrected chi connectivity index (χ2v) is 3.76. The van der Waals surface area contributed by atoms with Gasteiger partial charge in [-0.25, -0.2) is 4.98 Å². The molecule has 13 heavy (non-hydrogen) atoms. The van der Waals surface area contributed by atoms with Gasteiger partial charge in [0.2, 0.25) is 5.95 Å². The molecule has 0 aliphatic rings. The van der Waals surface area contributed by atoms with Gasteiger partial charge in [0.05, 0.1) is 11.0 Å². The Kier molecular flexibility index (Phi) is 1.92. The number of rotatable bonds is 1. The molecule has 0 spiro atoms. The van der Waals surface area contributed by atoms with E-state index in [1.807, 2.05) is 23.9 Å². The van der Waals surface area contributed by atoms with Crippen LogP contribution in [0.4, 0.5) is 5.95 Å². The highest BCUT2D eigenvalue weighted by molar-refractivity contribution is 7.98. The largest absolute Gasteiger partial charge is 0.369 e. The summed E-state index contributed by atoms with van der Waals surface area (Å²) in [6.45, 7) is 0. The Bertz CT molecular complexity index is 447. The first kappa shape index (κ1) is 8.44. The molecule has 3 nitrogen and oxygen atoms in total. The van der Waals surface area contributed by atoms with Gasteiger partial charge >= 0.3 is 0 Å². The lowest BCUT2D eigenvalue weighted by Crippen LogP contribution is -1.95. The Labute approximate surface area is 80.9 Å². The third kappa shape index (κ3) is 1.27. The second-order valence-electron chi connectivity index (χ2n) is 2.88. The van der Waals surface area contributed by atoms with Gasteiger partial charge in [0.25, 0.3) is 0 Å². The summed E-state index contributed by atoms with van der Waals surface area (Å²) in [6, 6.07) is 6.18. The number of imidazole rings is 1. The number of thioether (sulfide) groups is 1. The van der Waals surface area contributed by atoms with E-state index in [0.717, 1.165) is 11.0 Å². The number of nitrogens with zero attached hydrogens (tertiary/aromatic N) is 2. The SMILES string of the molecule is CSc1ccc2c(c1)nc(N)n2C. The Morgan fingerprint density at radius 3 is 2.92 bits per heavy atom.